The summed E-state index contributed by atoms with van der Waals surface area (Å²) in [7, 11) is 0. The van der Waals surface area contributed by atoms with Crippen LogP contribution >= 0.6 is 0 Å². The van der Waals surface area contributed by atoms with Gasteiger partial charge in [-0.25, -0.2) is 0 Å². The third-order valence-electron chi connectivity index (χ3n) is 8.91. The Bertz CT molecular complexity index is 2510. The molecule has 0 atom stereocenters. The lowest BCUT2D eigenvalue weighted by Gasteiger charge is -2.13. The van der Waals surface area contributed by atoms with E-state index >= 15 is 0 Å². The average molecular weight is 535 g/mol. The van der Waals surface area contributed by atoms with E-state index in [1.807, 2.05) is 0 Å². The van der Waals surface area contributed by atoms with Gasteiger partial charge in [-0.15, -0.1) is 0 Å². The van der Waals surface area contributed by atoms with Crippen LogP contribution in [0.3, 0.4) is 0 Å². The molecule has 0 amide bonds. The monoisotopic (exact) mass is 534 g/mol. The molecule has 0 saturated carbocycles. The van der Waals surface area contributed by atoms with Crippen molar-refractivity contribution >= 4 is 65.0 Å². The van der Waals surface area contributed by atoms with E-state index in [2.05, 4.69) is 146 Å². The molecule has 1 heterocycles. The lowest BCUT2D eigenvalue weighted by Crippen LogP contribution is -1.86. The van der Waals surface area contributed by atoms with Crippen LogP contribution in [-0.2, 0) is 0 Å². The Kier molecular flexibility index (Phi) is 4.88. The standard InChI is InChI=1S/C41H26O/c1-25-13-20-34-32-9-4-5-10-33(32)35-21-19-29(24-39(35)38(34)23-25)26-14-16-28(17-15-26)31-11-6-12-36-37-22-18-27-7-2-3-8-30(27)41(37)42-40(31)36/h2-24H,1H3. The summed E-state index contributed by atoms with van der Waals surface area (Å²) in [6.45, 7) is 2.17. The Labute approximate surface area is 243 Å². The molecule has 0 unspecified atom stereocenters. The highest BCUT2D eigenvalue weighted by molar-refractivity contribution is 6.26. The molecule has 0 radical (unpaired) electrons. The summed E-state index contributed by atoms with van der Waals surface area (Å²) in [5.41, 5.74) is 7.88. The summed E-state index contributed by atoms with van der Waals surface area (Å²) in [6.07, 6.45) is 0. The molecular weight excluding hydrogens is 508 g/mol. The number of para-hydroxylation sites is 1. The van der Waals surface area contributed by atoms with Crippen LogP contribution in [0.15, 0.2) is 144 Å². The molecule has 0 fully saturated rings. The molecule has 42 heavy (non-hydrogen) atoms. The summed E-state index contributed by atoms with van der Waals surface area (Å²) in [6, 6.07) is 50.7. The minimum Gasteiger partial charge on any atom is -0.455 e. The Hall–Kier alpha value is -5.40. The van der Waals surface area contributed by atoms with Crippen molar-refractivity contribution in [2.45, 2.75) is 6.92 Å². The number of hydrogen-bond acceptors (Lipinski definition) is 1. The molecule has 1 heteroatoms. The number of furan rings is 1. The highest BCUT2D eigenvalue weighted by atomic mass is 16.3. The largest absolute Gasteiger partial charge is 0.455 e. The van der Waals surface area contributed by atoms with Crippen LogP contribution in [0.4, 0.5) is 0 Å². The molecule has 0 aliphatic rings. The number of benzene rings is 8. The van der Waals surface area contributed by atoms with Gasteiger partial charge in [0.1, 0.15) is 11.2 Å². The molecule has 0 aliphatic heterocycles. The van der Waals surface area contributed by atoms with Crippen molar-refractivity contribution in [2.24, 2.45) is 0 Å². The van der Waals surface area contributed by atoms with Crippen LogP contribution in [0.1, 0.15) is 5.56 Å². The van der Waals surface area contributed by atoms with Gasteiger partial charge in [-0.3, -0.25) is 0 Å². The fraction of sp³-hybridized carbons (Fsp3) is 0.0244. The summed E-state index contributed by atoms with van der Waals surface area (Å²) in [4.78, 5) is 0. The highest BCUT2D eigenvalue weighted by Crippen LogP contribution is 2.40. The van der Waals surface area contributed by atoms with Gasteiger partial charge in [0.25, 0.3) is 0 Å². The molecule has 9 aromatic rings. The molecule has 9 rings (SSSR count). The molecule has 1 nitrogen and oxygen atoms in total. The Balaban J connectivity index is 1.19. The molecule has 0 bridgehead atoms. The van der Waals surface area contributed by atoms with E-state index in [9.17, 15) is 0 Å². The van der Waals surface area contributed by atoms with Crippen LogP contribution in [0, 0.1) is 6.92 Å². The molecule has 196 valence electrons. The summed E-state index contributed by atoms with van der Waals surface area (Å²) < 4.78 is 6.60. The van der Waals surface area contributed by atoms with Gasteiger partial charge in [-0.2, -0.15) is 0 Å². The highest BCUT2D eigenvalue weighted by Gasteiger charge is 2.15. The van der Waals surface area contributed by atoms with Crippen LogP contribution in [0.5, 0.6) is 0 Å². The average Bonchev–Trinajstić information content (AvgIpc) is 3.44. The zero-order valence-corrected chi connectivity index (χ0v) is 23.2. The van der Waals surface area contributed by atoms with Gasteiger partial charge >= 0.3 is 0 Å². The van der Waals surface area contributed by atoms with Crippen LogP contribution < -0.4 is 0 Å². The molecule has 0 saturated heterocycles. The number of fused-ring (bicyclic) bond motifs is 11. The quantitative estimate of drug-likeness (QED) is 0.201. The maximum atomic E-state index is 6.60. The van der Waals surface area contributed by atoms with Gasteiger partial charge in [0.05, 0.1) is 0 Å². The van der Waals surface area contributed by atoms with Gasteiger partial charge in [-0.05, 0) is 73.5 Å². The van der Waals surface area contributed by atoms with Crippen LogP contribution in [0.25, 0.3) is 87.3 Å². The van der Waals surface area contributed by atoms with Gasteiger partial charge in [0, 0.05) is 21.7 Å². The molecule has 1 aromatic heterocycles. The van der Waals surface area contributed by atoms with Crippen LogP contribution in [0.2, 0.25) is 0 Å². The topological polar surface area (TPSA) is 13.1 Å². The first kappa shape index (κ1) is 23.3. The second kappa shape index (κ2) is 8.80. The van der Waals surface area contributed by atoms with Gasteiger partial charge < -0.3 is 4.42 Å². The summed E-state index contributed by atoms with van der Waals surface area (Å²) >= 11 is 0. The molecule has 0 aliphatic carbocycles. The van der Waals surface area contributed by atoms with Crippen LogP contribution in [-0.4, -0.2) is 0 Å². The summed E-state index contributed by atoms with van der Waals surface area (Å²) in [5, 5.41) is 12.5. The fourth-order valence-corrected chi connectivity index (χ4v) is 6.85. The first-order valence-corrected chi connectivity index (χ1v) is 14.5. The smallest absolute Gasteiger partial charge is 0.143 e. The second-order valence-electron chi connectivity index (χ2n) is 11.4. The van der Waals surface area contributed by atoms with E-state index in [1.54, 1.807) is 0 Å². The number of aryl methyl sites for hydroxylation is 1. The fourth-order valence-electron chi connectivity index (χ4n) is 6.85. The maximum Gasteiger partial charge on any atom is 0.143 e. The van der Waals surface area contributed by atoms with E-state index < -0.39 is 0 Å². The predicted molar refractivity (Wildman–Crippen MR) is 179 cm³/mol. The lowest BCUT2D eigenvalue weighted by molar-refractivity contribution is 0.674. The minimum absolute atomic E-state index is 0.941. The van der Waals surface area contributed by atoms with E-state index in [0.717, 1.165) is 38.5 Å². The Morgan fingerprint density at radius 2 is 0.929 bits per heavy atom. The minimum atomic E-state index is 0.941. The zero-order valence-electron chi connectivity index (χ0n) is 23.2. The first-order chi connectivity index (χ1) is 20.7. The van der Waals surface area contributed by atoms with Gasteiger partial charge in [0.2, 0.25) is 0 Å². The molecule has 0 spiro atoms. The third-order valence-corrected chi connectivity index (χ3v) is 8.91. The van der Waals surface area contributed by atoms with Crippen molar-refractivity contribution in [2.75, 3.05) is 0 Å². The molecule has 0 N–H and O–H groups in total. The first-order valence-electron chi connectivity index (χ1n) is 14.5. The van der Waals surface area contributed by atoms with Gasteiger partial charge in [0.15, 0.2) is 0 Å². The Morgan fingerprint density at radius 3 is 1.74 bits per heavy atom. The Morgan fingerprint density at radius 1 is 0.357 bits per heavy atom. The SMILES string of the molecule is Cc1ccc2c3ccccc3c3ccc(-c4ccc(-c5cccc6c5oc5c7ccccc7ccc65)cc4)cc3c2c1. The van der Waals surface area contributed by atoms with E-state index in [4.69, 9.17) is 4.42 Å². The van der Waals surface area contributed by atoms with Crippen molar-refractivity contribution in [3.8, 4) is 22.3 Å². The summed E-state index contributed by atoms with van der Waals surface area (Å²) in [5.74, 6) is 0. The zero-order chi connectivity index (χ0) is 27.8. The lowest BCUT2D eigenvalue weighted by atomic mass is 9.91. The number of rotatable bonds is 2. The van der Waals surface area contributed by atoms with Crippen molar-refractivity contribution in [3.63, 3.8) is 0 Å². The van der Waals surface area contributed by atoms with Crippen molar-refractivity contribution in [1.82, 2.24) is 0 Å². The van der Waals surface area contributed by atoms with E-state index in [0.29, 0.717) is 0 Å². The van der Waals surface area contributed by atoms with Crippen molar-refractivity contribution in [3.05, 3.63) is 145 Å². The van der Waals surface area contributed by atoms with E-state index in [-0.39, 0.29) is 0 Å². The maximum absolute atomic E-state index is 6.60. The van der Waals surface area contributed by atoms with Gasteiger partial charge in [-0.1, -0.05) is 133 Å². The van der Waals surface area contributed by atoms with Crippen molar-refractivity contribution < 1.29 is 4.42 Å². The van der Waals surface area contributed by atoms with E-state index in [1.165, 1.54) is 54.4 Å². The number of hydrogen-bond donors (Lipinski definition) is 0. The third kappa shape index (κ3) is 3.37. The predicted octanol–water partition coefficient (Wildman–Crippen LogP) is 11.8. The normalized spacial score (nSPS) is 11.9. The van der Waals surface area contributed by atoms with Crippen molar-refractivity contribution in [1.29, 1.82) is 0 Å². The second-order valence-corrected chi connectivity index (χ2v) is 11.4. The molecular formula is C41H26O. The molecule has 8 aromatic carbocycles.